The number of hydrogen-bond acceptors (Lipinski definition) is 3. The minimum atomic E-state index is -0.617. The summed E-state index contributed by atoms with van der Waals surface area (Å²) in [4.78, 5) is 0. The van der Waals surface area contributed by atoms with E-state index in [0.29, 0.717) is 10.0 Å². The molecular weight excluding hydrogens is 289 g/mol. The Balaban J connectivity index is 2.58. The van der Waals surface area contributed by atoms with Crippen LogP contribution in [-0.4, -0.2) is 18.8 Å². The van der Waals surface area contributed by atoms with Crippen LogP contribution >= 0.6 is 15.9 Å². The van der Waals surface area contributed by atoms with Crippen molar-refractivity contribution in [1.29, 1.82) is 0 Å². The van der Waals surface area contributed by atoms with Crippen molar-refractivity contribution >= 4 is 15.9 Å². The molecule has 1 saturated heterocycles. The van der Waals surface area contributed by atoms with E-state index < -0.39 is 17.1 Å². The molecule has 0 amide bonds. The Morgan fingerprint density at radius 3 is 2.82 bits per heavy atom. The Kier molecular flexibility index (Phi) is 3.32. The summed E-state index contributed by atoms with van der Waals surface area (Å²) >= 11 is 3.35. The summed E-state index contributed by atoms with van der Waals surface area (Å²) in [5.41, 5.74) is 0.0282. The molecule has 0 radical (unpaired) electrons. The largest absolute Gasteiger partial charge is 0.502 e. The molecule has 0 saturated carbocycles. The highest BCUT2D eigenvalue weighted by Crippen LogP contribution is 2.43. The first-order chi connectivity index (χ1) is 7.99. The predicted octanol–water partition coefficient (Wildman–Crippen LogP) is 2.90. The van der Waals surface area contributed by atoms with Gasteiger partial charge in [0.05, 0.1) is 7.11 Å². The quantitative estimate of drug-likeness (QED) is 0.883. The maximum atomic E-state index is 14.2. The Bertz CT molecular complexity index is 445. The highest BCUT2D eigenvalue weighted by Gasteiger charge is 2.36. The van der Waals surface area contributed by atoms with E-state index in [0.717, 1.165) is 19.4 Å². The molecule has 94 valence electrons. The van der Waals surface area contributed by atoms with Gasteiger partial charge in [0.15, 0.2) is 17.3 Å². The zero-order valence-corrected chi connectivity index (χ0v) is 11.4. The normalized spacial score (nSPS) is 24.0. The van der Waals surface area contributed by atoms with Crippen LogP contribution in [0.4, 0.5) is 4.39 Å². The number of halogens is 2. The second-order valence-electron chi connectivity index (χ2n) is 4.46. The van der Waals surface area contributed by atoms with E-state index in [1.807, 2.05) is 6.92 Å². The van der Waals surface area contributed by atoms with Crippen molar-refractivity contribution in [2.75, 3.05) is 13.7 Å². The van der Waals surface area contributed by atoms with E-state index in [-0.39, 0.29) is 5.75 Å². The third-order valence-electron chi connectivity index (χ3n) is 3.30. The first kappa shape index (κ1) is 12.6. The minimum absolute atomic E-state index is 0.139. The molecule has 0 aromatic heterocycles. The first-order valence-electron chi connectivity index (χ1n) is 5.50. The molecule has 1 fully saturated rings. The van der Waals surface area contributed by atoms with Crippen LogP contribution in [-0.2, 0) is 5.54 Å². The number of benzene rings is 1. The lowest BCUT2D eigenvalue weighted by Crippen LogP contribution is -2.34. The molecule has 1 aliphatic heterocycles. The van der Waals surface area contributed by atoms with Crippen LogP contribution in [0, 0.1) is 5.82 Å². The molecule has 2 rings (SSSR count). The number of rotatable bonds is 2. The van der Waals surface area contributed by atoms with Gasteiger partial charge in [0, 0.05) is 15.6 Å². The highest BCUT2D eigenvalue weighted by molar-refractivity contribution is 9.10. The standard InChI is InChI=1S/C12H15BrFNO2/c1-12(4-3-5-15-12)9-7(13)6-8(17-2)11(16)10(9)14/h6,15-16H,3-5H2,1-2H3. The molecule has 0 bridgehead atoms. The molecule has 1 heterocycles. The second-order valence-corrected chi connectivity index (χ2v) is 5.32. The maximum Gasteiger partial charge on any atom is 0.194 e. The summed E-state index contributed by atoms with van der Waals surface area (Å²) in [6.07, 6.45) is 1.84. The summed E-state index contributed by atoms with van der Waals surface area (Å²) in [7, 11) is 1.40. The van der Waals surface area contributed by atoms with Crippen molar-refractivity contribution in [2.24, 2.45) is 0 Å². The molecule has 1 unspecified atom stereocenters. The van der Waals surface area contributed by atoms with E-state index in [1.165, 1.54) is 7.11 Å². The van der Waals surface area contributed by atoms with Gasteiger partial charge in [-0.3, -0.25) is 0 Å². The van der Waals surface area contributed by atoms with Crippen molar-refractivity contribution in [3.05, 3.63) is 21.9 Å². The van der Waals surface area contributed by atoms with Crippen LogP contribution in [0.1, 0.15) is 25.3 Å². The van der Waals surface area contributed by atoms with Crippen LogP contribution in [0.2, 0.25) is 0 Å². The summed E-state index contributed by atoms with van der Waals surface area (Å²) in [5.74, 6) is -0.909. The van der Waals surface area contributed by atoms with Crippen LogP contribution in [0.25, 0.3) is 0 Å². The van der Waals surface area contributed by atoms with Crippen molar-refractivity contribution < 1.29 is 14.2 Å². The number of hydrogen-bond donors (Lipinski definition) is 2. The topological polar surface area (TPSA) is 41.5 Å². The minimum Gasteiger partial charge on any atom is -0.502 e. The Morgan fingerprint density at radius 2 is 2.29 bits per heavy atom. The fraction of sp³-hybridized carbons (Fsp3) is 0.500. The summed E-state index contributed by atoms with van der Waals surface area (Å²) in [6, 6.07) is 1.60. The van der Waals surface area contributed by atoms with E-state index in [4.69, 9.17) is 4.74 Å². The molecule has 17 heavy (non-hydrogen) atoms. The number of ether oxygens (including phenoxy) is 1. The molecule has 1 atom stereocenters. The summed E-state index contributed by atoms with van der Waals surface area (Å²) < 4.78 is 19.7. The Morgan fingerprint density at radius 1 is 1.59 bits per heavy atom. The summed E-state index contributed by atoms with van der Waals surface area (Å²) in [5, 5.41) is 13.0. The van der Waals surface area contributed by atoms with Crippen molar-refractivity contribution in [3.63, 3.8) is 0 Å². The van der Waals surface area contributed by atoms with Gasteiger partial charge < -0.3 is 15.2 Å². The SMILES string of the molecule is COc1cc(Br)c(C2(C)CCCN2)c(F)c1O. The second kappa shape index (κ2) is 4.46. The van der Waals surface area contributed by atoms with Gasteiger partial charge >= 0.3 is 0 Å². The van der Waals surface area contributed by atoms with Gasteiger partial charge in [-0.25, -0.2) is 4.39 Å². The van der Waals surface area contributed by atoms with E-state index in [1.54, 1.807) is 6.07 Å². The number of methoxy groups -OCH3 is 1. The Labute approximate surface area is 108 Å². The molecule has 3 nitrogen and oxygen atoms in total. The molecule has 1 aromatic rings. The number of phenols is 1. The van der Waals surface area contributed by atoms with Crippen molar-refractivity contribution in [2.45, 2.75) is 25.3 Å². The lowest BCUT2D eigenvalue weighted by molar-refractivity contribution is 0.342. The fourth-order valence-electron chi connectivity index (χ4n) is 2.36. The molecular formula is C12H15BrFNO2. The Hall–Kier alpha value is -0.810. The average Bonchev–Trinajstić information content (AvgIpc) is 2.71. The van der Waals surface area contributed by atoms with Crippen LogP contribution in [0.5, 0.6) is 11.5 Å². The molecule has 0 aliphatic carbocycles. The molecule has 2 N–H and O–H groups in total. The summed E-state index contributed by atoms with van der Waals surface area (Å²) in [6.45, 7) is 2.80. The van der Waals surface area contributed by atoms with Gasteiger partial charge in [0.1, 0.15) is 0 Å². The van der Waals surface area contributed by atoms with Crippen molar-refractivity contribution in [1.82, 2.24) is 5.32 Å². The van der Waals surface area contributed by atoms with Crippen molar-refractivity contribution in [3.8, 4) is 11.5 Å². The average molecular weight is 304 g/mol. The predicted molar refractivity (Wildman–Crippen MR) is 66.9 cm³/mol. The lowest BCUT2D eigenvalue weighted by Gasteiger charge is -2.27. The van der Waals surface area contributed by atoms with E-state index in [9.17, 15) is 9.50 Å². The zero-order valence-electron chi connectivity index (χ0n) is 9.81. The van der Waals surface area contributed by atoms with Gasteiger partial charge in [-0.1, -0.05) is 15.9 Å². The van der Waals surface area contributed by atoms with Crippen LogP contribution in [0.3, 0.4) is 0 Å². The van der Waals surface area contributed by atoms with Gasteiger partial charge in [-0.2, -0.15) is 0 Å². The smallest absolute Gasteiger partial charge is 0.194 e. The first-order valence-corrected chi connectivity index (χ1v) is 6.29. The number of phenolic OH excluding ortho intramolecular Hbond substituents is 1. The van der Waals surface area contributed by atoms with E-state index >= 15 is 0 Å². The maximum absolute atomic E-state index is 14.2. The zero-order chi connectivity index (χ0) is 12.6. The highest BCUT2D eigenvalue weighted by atomic mass is 79.9. The molecule has 5 heteroatoms. The third kappa shape index (κ3) is 2.02. The molecule has 1 aromatic carbocycles. The van der Waals surface area contributed by atoms with Gasteiger partial charge in [0.2, 0.25) is 0 Å². The van der Waals surface area contributed by atoms with Crippen LogP contribution < -0.4 is 10.1 Å². The molecule has 0 spiro atoms. The van der Waals surface area contributed by atoms with Gasteiger partial charge in [-0.15, -0.1) is 0 Å². The van der Waals surface area contributed by atoms with Gasteiger partial charge in [-0.05, 0) is 32.4 Å². The molecule has 1 aliphatic rings. The van der Waals surface area contributed by atoms with Gasteiger partial charge in [0.25, 0.3) is 0 Å². The fourth-order valence-corrected chi connectivity index (χ4v) is 3.18. The van der Waals surface area contributed by atoms with E-state index in [2.05, 4.69) is 21.2 Å². The number of nitrogens with one attached hydrogen (secondary N) is 1. The third-order valence-corrected chi connectivity index (χ3v) is 3.92. The van der Waals surface area contributed by atoms with Crippen LogP contribution in [0.15, 0.2) is 10.5 Å². The lowest BCUT2D eigenvalue weighted by atomic mass is 9.89. The monoisotopic (exact) mass is 303 g/mol. The number of aromatic hydroxyl groups is 1.